The summed E-state index contributed by atoms with van der Waals surface area (Å²) in [7, 11) is 0. The van der Waals surface area contributed by atoms with E-state index in [2.05, 4.69) is 9.98 Å². The molecule has 6 nitrogen and oxygen atoms in total. The molecule has 0 radical (unpaired) electrons. The highest BCUT2D eigenvalue weighted by molar-refractivity contribution is 6.61. The van der Waals surface area contributed by atoms with E-state index in [4.69, 9.17) is 11.5 Å². The summed E-state index contributed by atoms with van der Waals surface area (Å²) in [5.74, 6) is -0.541. The maximum Gasteiger partial charge on any atom is 0.185 e. The molecule has 1 aliphatic rings. The first-order valence-electron chi connectivity index (χ1n) is 7.44. The van der Waals surface area contributed by atoms with E-state index < -0.39 is 0 Å². The van der Waals surface area contributed by atoms with Crippen LogP contribution in [0.5, 0.6) is 0 Å². The molecule has 0 unspecified atom stereocenters. The van der Waals surface area contributed by atoms with Crippen molar-refractivity contribution in [3.05, 3.63) is 48.5 Å². The van der Waals surface area contributed by atoms with Gasteiger partial charge in [-0.05, 0) is 48.5 Å². The second kappa shape index (κ2) is 6.45. The van der Waals surface area contributed by atoms with Crippen molar-refractivity contribution in [3.63, 3.8) is 0 Å². The molecule has 0 atom stereocenters. The van der Waals surface area contributed by atoms with Crippen LogP contribution >= 0.6 is 0 Å². The number of anilines is 2. The summed E-state index contributed by atoms with van der Waals surface area (Å²) in [6.45, 7) is 0. The van der Waals surface area contributed by atoms with Gasteiger partial charge in [-0.1, -0.05) is 0 Å². The molecule has 4 N–H and O–H groups in total. The minimum atomic E-state index is -0.270. The number of nitrogens with two attached hydrogens (primary N) is 2. The van der Waals surface area contributed by atoms with Gasteiger partial charge in [-0.3, -0.25) is 9.59 Å². The van der Waals surface area contributed by atoms with Crippen molar-refractivity contribution in [1.82, 2.24) is 0 Å². The zero-order valence-corrected chi connectivity index (χ0v) is 12.9. The molecule has 1 saturated carbocycles. The number of nitrogen functional groups attached to an aromatic ring is 2. The summed E-state index contributed by atoms with van der Waals surface area (Å²) in [5.41, 5.74) is 14.4. The number of nitrogens with zero attached hydrogens (tertiary/aromatic N) is 2. The van der Waals surface area contributed by atoms with Crippen LogP contribution in [0.1, 0.15) is 12.8 Å². The lowest BCUT2D eigenvalue weighted by atomic mass is 9.93. The van der Waals surface area contributed by atoms with Crippen molar-refractivity contribution in [2.75, 3.05) is 11.5 Å². The maximum absolute atomic E-state index is 12.1. The molecule has 2 aromatic carbocycles. The number of aliphatic imine (C=N–C) groups is 2. The first kappa shape index (κ1) is 15.6. The fourth-order valence-electron chi connectivity index (χ4n) is 2.32. The van der Waals surface area contributed by atoms with Crippen molar-refractivity contribution in [2.24, 2.45) is 9.98 Å². The minimum Gasteiger partial charge on any atom is -0.399 e. The summed E-state index contributed by atoms with van der Waals surface area (Å²) < 4.78 is 0. The topological polar surface area (TPSA) is 111 Å². The van der Waals surface area contributed by atoms with E-state index >= 15 is 0 Å². The fraction of sp³-hybridized carbons (Fsp3) is 0.111. The van der Waals surface area contributed by atoms with E-state index in [1.54, 1.807) is 48.5 Å². The Labute approximate surface area is 138 Å². The van der Waals surface area contributed by atoms with Crippen molar-refractivity contribution >= 4 is 45.7 Å². The maximum atomic E-state index is 12.1. The zero-order chi connectivity index (χ0) is 17.1. The molecule has 1 fully saturated rings. The number of Topliss-reactive ketones (excluding diaryl/α,β-unsaturated/α-hetero) is 2. The summed E-state index contributed by atoms with van der Waals surface area (Å²) >= 11 is 0. The molecule has 24 heavy (non-hydrogen) atoms. The first-order valence-corrected chi connectivity index (χ1v) is 7.44. The Hall–Kier alpha value is -3.28. The molecular formula is C18H16N4O2. The molecule has 0 bridgehead atoms. The number of hydrogen-bond donors (Lipinski definition) is 2. The second-order valence-corrected chi connectivity index (χ2v) is 5.50. The van der Waals surface area contributed by atoms with Gasteiger partial charge in [0.05, 0.1) is 29.2 Å². The van der Waals surface area contributed by atoms with Crippen LogP contribution < -0.4 is 11.5 Å². The Morgan fingerprint density at radius 1 is 0.625 bits per heavy atom. The van der Waals surface area contributed by atoms with E-state index in [-0.39, 0.29) is 24.4 Å². The summed E-state index contributed by atoms with van der Waals surface area (Å²) in [5, 5.41) is 0. The molecule has 1 aliphatic carbocycles. The van der Waals surface area contributed by atoms with E-state index in [1.807, 2.05) is 0 Å². The quantitative estimate of drug-likeness (QED) is 0.654. The average molecular weight is 320 g/mol. The number of benzene rings is 2. The zero-order valence-electron chi connectivity index (χ0n) is 12.9. The highest BCUT2D eigenvalue weighted by Crippen LogP contribution is 2.20. The van der Waals surface area contributed by atoms with Crippen LogP contribution in [0.2, 0.25) is 0 Å². The van der Waals surface area contributed by atoms with Gasteiger partial charge in [0.15, 0.2) is 11.6 Å². The Morgan fingerprint density at radius 2 is 1.00 bits per heavy atom. The molecule has 6 heteroatoms. The molecule has 2 aromatic rings. The highest BCUT2D eigenvalue weighted by Gasteiger charge is 2.28. The second-order valence-electron chi connectivity index (χ2n) is 5.50. The van der Waals surface area contributed by atoms with Crippen molar-refractivity contribution < 1.29 is 9.59 Å². The number of carbonyl (C=O) groups excluding carboxylic acids is 2. The molecule has 0 aromatic heterocycles. The Morgan fingerprint density at radius 3 is 1.38 bits per heavy atom. The van der Waals surface area contributed by atoms with Crippen LogP contribution in [-0.2, 0) is 9.59 Å². The van der Waals surface area contributed by atoms with Crippen molar-refractivity contribution in [3.8, 4) is 0 Å². The van der Waals surface area contributed by atoms with E-state index in [1.165, 1.54) is 0 Å². The first-order chi connectivity index (χ1) is 11.5. The molecule has 0 aliphatic heterocycles. The lowest BCUT2D eigenvalue weighted by molar-refractivity contribution is -0.120. The van der Waals surface area contributed by atoms with Gasteiger partial charge >= 0.3 is 0 Å². The van der Waals surface area contributed by atoms with Crippen LogP contribution in [0.3, 0.4) is 0 Å². The lowest BCUT2D eigenvalue weighted by Crippen LogP contribution is -2.32. The van der Waals surface area contributed by atoms with Gasteiger partial charge in [-0.2, -0.15) is 0 Å². The fourth-order valence-corrected chi connectivity index (χ4v) is 2.32. The third kappa shape index (κ3) is 3.55. The van der Waals surface area contributed by atoms with Crippen molar-refractivity contribution in [1.29, 1.82) is 0 Å². The molecule has 3 rings (SSSR count). The molecule has 0 spiro atoms. The van der Waals surface area contributed by atoms with Gasteiger partial charge in [0.2, 0.25) is 0 Å². The van der Waals surface area contributed by atoms with Crippen LogP contribution in [0.15, 0.2) is 58.5 Å². The highest BCUT2D eigenvalue weighted by atomic mass is 16.2. The molecule has 120 valence electrons. The van der Waals surface area contributed by atoms with Crippen molar-refractivity contribution in [2.45, 2.75) is 12.8 Å². The molecule has 0 saturated heterocycles. The predicted molar refractivity (Wildman–Crippen MR) is 95.1 cm³/mol. The summed E-state index contributed by atoms with van der Waals surface area (Å²) in [6, 6.07) is 13.7. The third-order valence-corrected chi connectivity index (χ3v) is 3.61. The monoisotopic (exact) mass is 320 g/mol. The minimum absolute atomic E-state index is 0.117. The number of hydrogen-bond acceptors (Lipinski definition) is 6. The number of carbonyl (C=O) groups is 2. The Balaban J connectivity index is 1.89. The molecular weight excluding hydrogens is 304 g/mol. The normalized spacial score (nSPS) is 18.3. The van der Waals surface area contributed by atoms with E-state index in [0.29, 0.717) is 34.2 Å². The van der Waals surface area contributed by atoms with Gasteiger partial charge in [0, 0.05) is 17.8 Å². The van der Waals surface area contributed by atoms with Crippen LogP contribution in [-0.4, -0.2) is 23.0 Å². The van der Waals surface area contributed by atoms with E-state index in [9.17, 15) is 9.59 Å². The van der Waals surface area contributed by atoms with Crippen LogP contribution in [0, 0.1) is 0 Å². The number of rotatable bonds is 2. The van der Waals surface area contributed by atoms with Gasteiger partial charge in [0.1, 0.15) is 0 Å². The lowest BCUT2D eigenvalue weighted by Gasteiger charge is -2.14. The van der Waals surface area contributed by atoms with Gasteiger partial charge in [0.25, 0.3) is 0 Å². The van der Waals surface area contributed by atoms with Crippen LogP contribution in [0.25, 0.3) is 0 Å². The summed E-state index contributed by atoms with van der Waals surface area (Å²) in [4.78, 5) is 32.8. The SMILES string of the molecule is Nc1ccc(N=C2CC(=Nc3ccc(N)cc3)C(=O)CC2=O)cc1. The molecule has 0 amide bonds. The van der Waals surface area contributed by atoms with Gasteiger partial charge in [-0.25, -0.2) is 9.98 Å². The Bertz CT molecular complexity index is 778. The average Bonchev–Trinajstić information content (AvgIpc) is 2.56. The smallest absolute Gasteiger partial charge is 0.185 e. The summed E-state index contributed by atoms with van der Waals surface area (Å²) in [6.07, 6.45) is -0.0893. The largest absolute Gasteiger partial charge is 0.399 e. The third-order valence-electron chi connectivity index (χ3n) is 3.61. The van der Waals surface area contributed by atoms with E-state index in [0.717, 1.165) is 0 Å². The number of ketones is 2. The Kier molecular flexibility index (Phi) is 4.20. The van der Waals surface area contributed by atoms with Gasteiger partial charge in [-0.15, -0.1) is 0 Å². The van der Waals surface area contributed by atoms with Gasteiger partial charge < -0.3 is 11.5 Å². The van der Waals surface area contributed by atoms with Crippen LogP contribution in [0.4, 0.5) is 22.7 Å². The standard InChI is InChI=1S/C18H16N4O2/c19-11-1-5-13(6-2-11)21-15-9-16(18(24)10-17(15)23)22-14-7-3-12(20)4-8-14/h1-8H,9-10,19-20H2. The molecule has 0 heterocycles. The predicted octanol–water partition coefficient (Wildman–Crippen LogP) is 2.63.